The average molecular weight is 322 g/mol. The minimum Gasteiger partial charge on any atom is -0.493 e. The SMILES string of the molecule is CC(C)C[C@H](NC(=O)CCOc1cccc(C(N)=O)c1)C(=O)O. The standard InChI is InChI=1S/C16H22N2O5/c1-10(2)8-13(16(21)22)18-14(19)6-7-23-12-5-3-4-11(9-12)15(17)20/h3-5,9-10,13H,6-8H2,1-2H3,(H2,17,20)(H,18,19)(H,21,22)/t13-/m0/s1. The van der Waals surface area contributed by atoms with Crippen molar-refractivity contribution >= 4 is 17.8 Å². The number of hydrogen-bond donors (Lipinski definition) is 3. The molecule has 1 atom stereocenters. The monoisotopic (exact) mass is 322 g/mol. The van der Waals surface area contributed by atoms with E-state index in [-0.39, 0.29) is 18.9 Å². The summed E-state index contributed by atoms with van der Waals surface area (Å²) in [5, 5.41) is 11.5. The van der Waals surface area contributed by atoms with Gasteiger partial charge in [-0.2, -0.15) is 0 Å². The van der Waals surface area contributed by atoms with Gasteiger partial charge in [0.1, 0.15) is 11.8 Å². The van der Waals surface area contributed by atoms with Crippen LogP contribution in [0.4, 0.5) is 0 Å². The fourth-order valence-electron chi connectivity index (χ4n) is 1.96. The molecule has 1 aromatic carbocycles. The van der Waals surface area contributed by atoms with Crippen LogP contribution in [0.1, 0.15) is 37.0 Å². The van der Waals surface area contributed by atoms with E-state index in [1.54, 1.807) is 18.2 Å². The average Bonchev–Trinajstić information content (AvgIpc) is 2.46. The molecule has 126 valence electrons. The zero-order valence-corrected chi connectivity index (χ0v) is 13.2. The Hall–Kier alpha value is -2.57. The predicted octanol–water partition coefficient (Wildman–Crippen LogP) is 1.17. The van der Waals surface area contributed by atoms with Gasteiger partial charge in [0.2, 0.25) is 11.8 Å². The molecule has 0 unspecified atom stereocenters. The molecule has 23 heavy (non-hydrogen) atoms. The quantitative estimate of drug-likeness (QED) is 0.630. The molecule has 0 aromatic heterocycles. The molecule has 1 aromatic rings. The first kappa shape index (κ1) is 18.5. The number of carboxylic acid groups (broad SMARTS) is 1. The molecule has 0 spiro atoms. The maximum Gasteiger partial charge on any atom is 0.326 e. The van der Waals surface area contributed by atoms with Crippen molar-refractivity contribution in [1.29, 1.82) is 0 Å². The number of primary amides is 1. The maximum absolute atomic E-state index is 11.8. The Balaban J connectivity index is 2.45. The Morgan fingerprint density at radius 3 is 2.57 bits per heavy atom. The van der Waals surface area contributed by atoms with E-state index < -0.39 is 23.8 Å². The van der Waals surface area contributed by atoms with Gasteiger partial charge in [-0.25, -0.2) is 4.79 Å². The smallest absolute Gasteiger partial charge is 0.326 e. The van der Waals surface area contributed by atoms with Crippen LogP contribution >= 0.6 is 0 Å². The first-order valence-electron chi connectivity index (χ1n) is 7.34. The Bertz CT molecular complexity index is 571. The molecule has 0 aliphatic heterocycles. The van der Waals surface area contributed by atoms with E-state index >= 15 is 0 Å². The molecule has 0 aliphatic rings. The highest BCUT2D eigenvalue weighted by molar-refractivity contribution is 5.93. The van der Waals surface area contributed by atoms with Gasteiger partial charge in [-0.1, -0.05) is 19.9 Å². The van der Waals surface area contributed by atoms with Gasteiger partial charge in [0.05, 0.1) is 13.0 Å². The van der Waals surface area contributed by atoms with E-state index in [1.165, 1.54) is 6.07 Å². The third-order valence-corrected chi connectivity index (χ3v) is 3.06. The van der Waals surface area contributed by atoms with Crippen LogP contribution in [0.15, 0.2) is 24.3 Å². The fourth-order valence-corrected chi connectivity index (χ4v) is 1.96. The number of nitrogens with one attached hydrogen (secondary N) is 1. The van der Waals surface area contributed by atoms with Gasteiger partial charge >= 0.3 is 5.97 Å². The number of aliphatic carboxylic acids is 1. The van der Waals surface area contributed by atoms with E-state index in [1.807, 2.05) is 13.8 Å². The Morgan fingerprint density at radius 1 is 1.30 bits per heavy atom. The lowest BCUT2D eigenvalue weighted by molar-refractivity contribution is -0.142. The molecular weight excluding hydrogens is 300 g/mol. The van der Waals surface area contributed by atoms with Crippen LogP contribution < -0.4 is 15.8 Å². The number of amides is 2. The van der Waals surface area contributed by atoms with Gasteiger partial charge in [-0.15, -0.1) is 0 Å². The molecule has 1 rings (SSSR count). The highest BCUT2D eigenvalue weighted by atomic mass is 16.5. The second kappa shape index (κ2) is 8.77. The van der Waals surface area contributed by atoms with E-state index in [9.17, 15) is 14.4 Å². The highest BCUT2D eigenvalue weighted by Gasteiger charge is 2.20. The summed E-state index contributed by atoms with van der Waals surface area (Å²) in [7, 11) is 0. The van der Waals surface area contributed by atoms with Crippen LogP contribution in [0.2, 0.25) is 0 Å². The number of nitrogens with two attached hydrogens (primary N) is 1. The van der Waals surface area contributed by atoms with Crippen LogP contribution in [0.25, 0.3) is 0 Å². The molecular formula is C16H22N2O5. The van der Waals surface area contributed by atoms with E-state index in [2.05, 4.69) is 5.32 Å². The molecule has 0 fully saturated rings. The molecule has 0 heterocycles. The van der Waals surface area contributed by atoms with Crippen molar-refractivity contribution in [2.24, 2.45) is 11.7 Å². The van der Waals surface area contributed by atoms with Crippen molar-refractivity contribution in [3.63, 3.8) is 0 Å². The molecule has 0 saturated heterocycles. The number of carbonyl (C=O) groups is 3. The van der Waals surface area contributed by atoms with Crippen LogP contribution in [-0.2, 0) is 9.59 Å². The Morgan fingerprint density at radius 2 is 2.00 bits per heavy atom. The summed E-state index contributed by atoms with van der Waals surface area (Å²) in [5.74, 6) is -1.44. The van der Waals surface area contributed by atoms with Gasteiger partial charge in [-0.05, 0) is 30.5 Å². The van der Waals surface area contributed by atoms with Gasteiger partial charge in [0.15, 0.2) is 0 Å². The normalized spacial score (nSPS) is 11.8. The maximum atomic E-state index is 11.8. The summed E-state index contributed by atoms with van der Waals surface area (Å²) in [6, 6.07) is 5.41. The van der Waals surface area contributed by atoms with Crippen LogP contribution in [0.5, 0.6) is 5.75 Å². The molecule has 7 nitrogen and oxygen atoms in total. The molecule has 0 radical (unpaired) electrons. The Labute approximate surface area is 134 Å². The summed E-state index contributed by atoms with van der Waals surface area (Å²) < 4.78 is 5.37. The van der Waals surface area contributed by atoms with Crippen molar-refractivity contribution in [2.45, 2.75) is 32.7 Å². The van der Waals surface area contributed by atoms with Crippen molar-refractivity contribution < 1.29 is 24.2 Å². The van der Waals surface area contributed by atoms with Gasteiger partial charge < -0.3 is 20.9 Å². The zero-order valence-electron chi connectivity index (χ0n) is 13.2. The lowest BCUT2D eigenvalue weighted by Gasteiger charge is -2.16. The van der Waals surface area contributed by atoms with Crippen molar-refractivity contribution in [3.8, 4) is 5.75 Å². The molecule has 0 saturated carbocycles. The topological polar surface area (TPSA) is 119 Å². The third-order valence-electron chi connectivity index (χ3n) is 3.06. The number of carbonyl (C=O) groups excluding carboxylic acids is 2. The lowest BCUT2D eigenvalue weighted by Crippen LogP contribution is -2.42. The summed E-state index contributed by atoms with van der Waals surface area (Å²) in [4.78, 5) is 33.9. The number of ether oxygens (including phenoxy) is 1. The second-order valence-electron chi connectivity index (χ2n) is 5.58. The fraction of sp³-hybridized carbons (Fsp3) is 0.438. The van der Waals surface area contributed by atoms with Gasteiger partial charge in [-0.3, -0.25) is 9.59 Å². The van der Waals surface area contributed by atoms with Crippen molar-refractivity contribution in [1.82, 2.24) is 5.32 Å². The van der Waals surface area contributed by atoms with E-state index in [0.717, 1.165) is 0 Å². The minimum absolute atomic E-state index is 0.0165. The largest absolute Gasteiger partial charge is 0.493 e. The van der Waals surface area contributed by atoms with Crippen molar-refractivity contribution in [2.75, 3.05) is 6.61 Å². The van der Waals surface area contributed by atoms with Crippen LogP contribution in [0, 0.1) is 5.92 Å². The first-order chi connectivity index (χ1) is 10.8. The van der Waals surface area contributed by atoms with Gasteiger partial charge in [0.25, 0.3) is 0 Å². The highest BCUT2D eigenvalue weighted by Crippen LogP contribution is 2.13. The molecule has 7 heteroatoms. The third kappa shape index (κ3) is 6.82. The minimum atomic E-state index is -1.05. The molecule has 4 N–H and O–H groups in total. The molecule has 2 amide bonds. The second-order valence-corrected chi connectivity index (χ2v) is 5.58. The summed E-state index contributed by atoms with van der Waals surface area (Å²) >= 11 is 0. The summed E-state index contributed by atoms with van der Waals surface area (Å²) in [5.41, 5.74) is 5.48. The van der Waals surface area contributed by atoms with Crippen molar-refractivity contribution in [3.05, 3.63) is 29.8 Å². The van der Waals surface area contributed by atoms with Crippen LogP contribution in [-0.4, -0.2) is 35.5 Å². The first-order valence-corrected chi connectivity index (χ1v) is 7.34. The number of benzene rings is 1. The number of carboxylic acids is 1. The summed E-state index contributed by atoms with van der Waals surface area (Å²) in [6.07, 6.45) is 0.380. The van der Waals surface area contributed by atoms with Gasteiger partial charge in [0, 0.05) is 5.56 Å². The predicted molar refractivity (Wildman–Crippen MR) is 84.1 cm³/mol. The molecule has 0 bridgehead atoms. The Kier molecular flexibility index (Phi) is 7.05. The lowest BCUT2D eigenvalue weighted by atomic mass is 10.0. The van der Waals surface area contributed by atoms with Crippen LogP contribution in [0.3, 0.4) is 0 Å². The number of hydrogen-bond acceptors (Lipinski definition) is 4. The zero-order chi connectivity index (χ0) is 17.4. The van der Waals surface area contributed by atoms with E-state index in [0.29, 0.717) is 17.7 Å². The van der Waals surface area contributed by atoms with E-state index in [4.69, 9.17) is 15.6 Å². The summed E-state index contributed by atoms with van der Waals surface area (Å²) in [6.45, 7) is 3.84. The number of rotatable bonds is 9. The molecule has 0 aliphatic carbocycles.